The van der Waals surface area contributed by atoms with Gasteiger partial charge in [-0.2, -0.15) is 0 Å². The van der Waals surface area contributed by atoms with E-state index in [2.05, 4.69) is 10.6 Å². The molecule has 2 aliphatic rings. The number of nitrogens with zero attached hydrogens (tertiary/aromatic N) is 1. The van der Waals surface area contributed by atoms with Crippen molar-refractivity contribution in [3.8, 4) is 0 Å². The number of carbonyl (C=O) groups excluding carboxylic acids is 1. The monoisotopic (exact) mass is 373 g/mol. The maximum absolute atomic E-state index is 13.0. The van der Waals surface area contributed by atoms with Crippen LogP contribution in [0, 0.1) is 11.7 Å². The minimum atomic E-state index is -0.230. The van der Waals surface area contributed by atoms with Crippen LogP contribution in [0.25, 0.3) is 6.08 Å². The van der Waals surface area contributed by atoms with Crippen molar-refractivity contribution in [2.45, 2.75) is 51.0 Å². The van der Waals surface area contributed by atoms with Crippen LogP contribution < -0.4 is 10.6 Å². The molecule has 2 N–H and O–H groups in total. The first-order chi connectivity index (χ1) is 13.2. The van der Waals surface area contributed by atoms with Gasteiger partial charge in [-0.25, -0.2) is 9.18 Å². The van der Waals surface area contributed by atoms with Crippen molar-refractivity contribution in [3.05, 3.63) is 41.7 Å². The highest BCUT2D eigenvalue weighted by molar-refractivity contribution is 5.75. The Morgan fingerprint density at radius 2 is 1.81 bits per heavy atom. The molecule has 1 heterocycles. The summed E-state index contributed by atoms with van der Waals surface area (Å²) in [6.45, 7) is 3.45. The molecule has 0 unspecified atom stereocenters. The molecule has 0 spiro atoms. The van der Waals surface area contributed by atoms with Crippen molar-refractivity contribution < 1.29 is 9.18 Å². The van der Waals surface area contributed by atoms with Gasteiger partial charge in [-0.3, -0.25) is 0 Å². The maximum atomic E-state index is 13.0. The average Bonchev–Trinajstić information content (AvgIpc) is 2.70. The lowest BCUT2D eigenvalue weighted by Crippen LogP contribution is -2.48. The molecular weight excluding hydrogens is 341 g/mol. The molecule has 2 fully saturated rings. The van der Waals surface area contributed by atoms with Gasteiger partial charge < -0.3 is 15.5 Å². The van der Waals surface area contributed by atoms with E-state index in [-0.39, 0.29) is 11.8 Å². The van der Waals surface area contributed by atoms with Crippen molar-refractivity contribution in [1.29, 1.82) is 0 Å². The molecule has 2 amide bonds. The fraction of sp³-hybridized carbons (Fsp3) is 0.591. The number of rotatable bonds is 6. The molecule has 5 heteroatoms. The quantitative estimate of drug-likeness (QED) is 0.786. The zero-order valence-corrected chi connectivity index (χ0v) is 16.1. The summed E-state index contributed by atoms with van der Waals surface area (Å²) in [4.78, 5) is 14.8. The maximum Gasteiger partial charge on any atom is 0.317 e. The first-order valence-corrected chi connectivity index (χ1v) is 10.4. The first kappa shape index (κ1) is 19.9. The Balaban J connectivity index is 1.58. The van der Waals surface area contributed by atoms with Crippen LogP contribution in [0.15, 0.2) is 30.3 Å². The highest BCUT2D eigenvalue weighted by atomic mass is 19.1. The summed E-state index contributed by atoms with van der Waals surface area (Å²) in [5, 5.41) is 6.64. The van der Waals surface area contributed by atoms with Crippen LogP contribution >= 0.6 is 0 Å². The SMILES string of the molecule is O=C(NC1CCCCC1)N(C/C=C/c1ccc(F)cc1)CC1CCNCC1. The van der Waals surface area contributed by atoms with Crippen LogP contribution in [0.3, 0.4) is 0 Å². The van der Waals surface area contributed by atoms with Crippen LogP contribution in [0.1, 0.15) is 50.5 Å². The number of hydrogen-bond donors (Lipinski definition) is 2. The molecule has 0 aromatic heterocycles. The molecule has 1 aromatic rings. The Hall–Kier alpha value is -1.88. The third-order valence-corrected chi connectivity index (χ3v) is 5.66. The van der Waals surface area contributed by atoms with Crippen molar-refractivity contribution in [2.24, 2.45) is 5.92 Å². The van der Waals surface area contributed by atoms with Crippen LogP contribution in [0.4, 0.5) is 9.18 Å². The van der Waals surface area contributed by atoms with E-state index in [1.165, 1.54) is 31.4 Å². The van der Waals surface area contributed by atoms with Gasteiger partial charge in [-0.15, -0.1) is 0 Å². The van der Waals surface area contributed by atoms with Crippen LogP contribution in [0.5, 0.6) is 0 Å². The van der Waals surface area contributed by atoms with Crippen LogP contribution in [-0.4, -0.2) is 43.2 Å². The van der Waals surface area contributed by atoms with Gasteiger partial charge in [0.2, 0.25) is 0 Å². The Morgan fingerprint density at radius 3 is 2.52 bits per heavy atom. The fourth-order valence-electron chi connectivity index (χ4n) is 4.02. The lowest BCUT2D eigenvalue weighted by atomic mass is 9.95. The van der Waals surface area contributed by atoms with Gasteiger partial charge in [0.15, 0.2) is 0 Å². The van der Waals surface area contributed by atoms with Gasteiger partial charge in [-0.05, 0) is 62.4 Å². The molecule has 1 saturated carbocycles. The summed E-state index contributed by atoms with van der Waals surface area (Å²) in [6, 6.07) is 6.81. The molecule has 1 aromatic carbocycles. The molecule has 1 saturated heterocycles. The third kappa shape index (κ3) is 6.65. The van der Waals surface area contributed by atoms with E-state index in [4.69, 9.17) is 0 Å². The molecule has 0 radical (unpaired) electrons. The Labute approximate surface area is 162 Å². The Morgan fingerprint density at radius 1 is 1.11 bits per heavy atom. The number of benzene rings is 1. The number of nitrogens with one attached hydrogen (secondary N) is 2. The summed E-state index contributed by atoms with van der Waals surface area (Å²) in [5.74, 6) is 0.328. The van der Waals surface area contributed by atoms with Crippen LogP contribution in [0.2, 0.25) is 0 Å². The van der Waals surface area contributed by atoms with Crippen molar-refractivity contribution in [2.75, 3.05) is 26.2 Å². The summed E-state index contributed by atoms with van der Waals surface area (Å²) < 4.78 is 13.0. The minimum Gasteiger partial charge on any atom is -0.335 e. The topological polar surface area (TPSA) is 44.4 Å². The molecule has 3 rings (SSSR count). The van der Waals surface area contributed by atoms with Gasteiger partial charge in [0.05, 0.1) is 0 Å². The molecule has 0 atom stereocenters. The second-order valence-corrected chi connectivity index (χ2v) is 7.84. The largest absolute Gasteiger partial charge is 0.335 e. The van der Waals surface area contributed by atoms with Crippen LogP contribution in [-0.2, 0) is 0 Å². The standard InChI is InChI=1S/C22H32FN3O/c23-20-10-8-18(9-11-20)5-4-16-26(17-19-12-14-24-15-13-19)22(27)25-21-6-2-1-3-7-21/h4-5,8-11,19,21,24H,1-3,6-7,12-17H2,(H,25,27)/b5-4+. The number of piperidine rings is 1. The van der Waals surface area contributed by atoms with Crippen molar-refractivity contribution >= 4 is 12.1 Å². The zero-order valence-electron chi connectivity index (χ0n) is 16.1. The normalized spacial score (nSPS) is 19.3. The Kier molecular flexibility index (Phi) is 7.69. The second kappa shape index (κ2) is 10.5. The Bertz CT molecular complexity index is 604. The van der Waals surface area contributed by atoms with Crippen molar-refractivity contribution in [3.63, 3.8) is 0 Å². The predicted molar refractivity (Wildman–Crippen MR) is 108 cm³/mol. The number of carbonyl (C=O) groups is 1. The highest BCUT2D eigenvalue weighted by Crippen LogP contribution is 2.19. The summed E-state index contributed by atoms with van der Waals surface area (Å²) >= 11 is 0. The summed E-state index contributed by atoms with van der Waals surface area (Å²) in [5.41, 5.74) is 0.950. The van der Waals surface area contributed by atoms with E-state index in [1.807, 2.05) is 17.1 Å². The van der Waals surface area contributed by atoms with E-state index in [0.717, 1.165) is 50.9 Å². The average molecular weight is 374 g/mol. The first-order valence-electron chi connectivity index (χ1n) is 10.4. The van der Waals surface area contributed by atoms with E-state index < -0.39 is 0 Å². The van der Waals surface area contributed by atoms with E-state index in [0.29, 0.717) is 18.5 Å². The van der Waals surface area contributed by atoms with E-state index >= 15 is 0 Å². The van der Waals surface area contributed by atoms with Gasteiger partial charge in [0, 0.05) is 19.1 Å². The van der Waals surface area contributed by atoms with E-state index in [1.54, 1.807) is 12.1 Å². The van der Waals surface area contributed by atoms with Gasteiger partial charge >= 0.3 is 6.03 Å². The van der Waals surface area contributed by atoms with Gasteiger partial charge in [-0.1, -0.05) is 43.5 Å². The zero-order chi connectivity index (χ0) is 18.9. The number of hydrogen-bond acceptors (Lipinski definition) is 2. The molecule has 4 nitrogen and oxygen atoms in total. The van der Waals surface area contributed by atoms with Gasteiger partial charge in [0.25, 0.3) is 0 Å². The smallest absolute Gasteiger partial charge is 0.317 e. The third-order valence-electron chi connectivity index (χ3n) is 5.66. The molecule has 1 aliphatic carbocycles. The van der Waals surface area contributed by atoms with Gasteiger partial charge in [0.1, 0.15) is 5.82 Å². The molecular formula is C22H32FN3O. The number of amides is 2. The predicted octanol–water partition coefficient (Wildman–Crippen LogP) is 4.18. The number of halogens is 1. The fourth-order valence-corrected chi connectivity index (χ4v) is 4.02. The highest BCUT2D eigenvalue weighted by Gasteiger charge is 2.22. The summed E-state index contributed by atoms with van der Waals surface area (Å²) in [6.07, 6.45) is 12.1. The molecule has 1 aliphatic heterocycles. The molecule has 148 valence electrons. The van der Waals surface area contributed by atoms with E-state index in [9.17, 15) is 9.18 Å². The summed E-state index contributed by atoms with van der Waals surface area (Å²) in [7, 11) is 0. The lowest BCUT2D eigenvalue weighted by Gasteiger charge is -2.32. The second-order valence-electron chi connectivity index (χ2n) is 7.84. The minimum absolute atomic E-state index is 0.0594. The molecule has 27 heavy (non-hydrogen) atoms. The molecule has 0 bridgehead atoms. The van der Waals surface area contributed by atoms with Crippen molar-refractivity contribution in [1.82, 2.24) is 15.5 Å². The lowest BCUT2D eigenvalue weighted by molar-refractivity contribution is 0.180. The number of urea groups is 1.